The molecular formula is C9H14N6O. The summed E-state index contributed by atoms with van der Waals surface area (Å²) < 4.78 is 0. The smallest absolute Gasteiger partial charge is 0.224 e. The largest absolute Gasteiger partial charge is 0.389 e. The van der Waals surface area contributed by atoms with Crippen molar-refractivity contribution in [1.29, 1.82) is 0 Å². The van der Waals surface area contributed by atoms with Gasteiger partial charge in [0.05, 0.1) is 17.2 Å². The van der Waals surface area contributed by atoms with E-state index in [1.807, 2.05) is 0 Å². The number of aromatic nitrogens is 4. The number of anilines is 2. The highest BCUT2D eigenvalue weighted by Crippen LogP contribution is 2.19. The first-order valence-electron chi connectivity index (χ1n) is 4.88. The Morgan fingerprint density at radius 1 is 1.50 bits per heavy atom. The van der Waals surface area contributed by atoms with Crippen LogP contribution < -0.4 is 11.1 Å². The van der Waals surface area contributed by atoms with Crippen LogP contribution in [0.4, 0.5) is 11.8 Å². The van der Waals surface area contributed by atoms with Crippen LogP contribution in [0.2, 0.25) is 0 Å². The molecule has 0 radical (unpaired) electrons. The van der Waals surface area contributed by atoms with Crippen LogP contribution in [0, 0.1) is 0 Å². The third kappa shape index (κ3) is 2.19. The zero-order valence-corrected chi connectivity index (χ0v) is 9.15. The normalized spacial score (nSPS) is 11.9. The predicted molar refractivity (Wildman–Crippen MR) is 60.9 cm³/mol. The molecule has 0 amide bonds. The average molecular weight is 222 g/mol. The van der Waals surface area contributed by atoms with Gasteiger partial charge in [-0.3, -0.25) is 5.10 Å². The van der Waals surface area contributed by atoms with Crippen LogP contribution in [0.25, 0.3) is 11.0 Å². The summed E-state index contributed by atoms with van der Waals surface area (Å²) >= 11 is 0. The first-order valence-corrected chi connectivity index (χ1v) is 4.88. The lowest BCUT2D eigenvalue weighted by Crippen LogP contribution is -2.29. The molecule has 5 N–H and O–H groups in total. The standard InChI is InChI=1S/C9H14N6O/c1-9(2,16)4-11-6-5-3-12-15-7(5)14-8(10)13-6/h3,16H,4H2,1-2H3,(H4,10,11,12,13,14,15). The molecule has 0 aliphatic heterocycles. The fourth-order valence-electron chi connectivity index (χ4n) is 1.29. The summed E-state index contributed by atoms with van der Waals surface area (Å²) in [4.78, 5) is 8.05. The van der Waals surface area contributed by atoms with E-state index in [9.17, 15) is 5.11 Å². The van der Waals surface area contributed by atoms with E-state index in [1.165, 1.54) is 0 Å². The number of nitrogens with one attached hydrogen (secondary N) is 2. The Hall–Kier alpha value is -1.89. The van der Waals surface area contributed by atoms with Crippen LogP contribution in [-0.2, 0) is 0 Å². The second-order valence-electron chi connectivity index (χ2n) is 4.23. The summed E-state index contributed by atoms with van der Waals surface area (Å²) in [5, 5.41) is 19.9. The Labute approximate surface area is 92.1 Å². The molecule has 2 aromatic rings. The Balaban J connectivity index is 2.32. The van der Waals surface area contributed by atoms with Crippen LogP contribution in [0.5, 0.6) is 0 Å². The van der Waals surface area contributed by atoms with Gasteiger partial charge in [-0.05, 0) is 13.8 Å². The van der Waals surface area contributed by atoms with Crippen molar-refractivity contribution in [2.24, 2.45) is 0 Å². The molecule has 0 aliphatic rings. The van der Waals surface area contributed by atoms with Gasteiger partial charge in [0, 0.05) is 6.54 Å². The maximum absolute atomic E-state index is 9.61. The summed E-state index contributed by atoms with van der Waals surface area (Å²) in [7, 11) is 0. The first kappa shape index (κ1) is 10.6. The molecule has 0 saturated heterocycles. The van der Waals surface area contributed by atoms with E-state index < -0.39 is 5.60 Å². The molecule has 7 nitrogen and oxygen atoms in total. The van der Waals surface area contributed by atoms with Gasteiger partial charge in [-0.25, -0.2) is 0 Å². The molecule has 2 heterocycles. The minimum atomic E-state index is -0.824. The minimum absolute atomic E-state index is 0.162. The molecule has 0 spiro atoms. The Morgan fingerprint density at radius 2 is 2.25 bits per heavy atom. The number of H-pyrrole nitrogens is 1. The van der Waals surface area contributed by atoms with Gasteiger partial charge in [0.15, 0.2) is 5.65 Å². The monoisotopic (exact) mass is 222 g/mol. The van der Waals surface area contributed by atoms with Crippen molar-refractivity contribution < 1.29 is 5.11 Å². The molecule has 7 heteroatoms. The van der Waals surface area contributed by atoms with Gasteiger partial charge >= 0.3 is 0 Å². The molecule has 0 fully saturated rings. The van der Waals surface area contributed by atoms with Crippen molar-refractivity contribution in [3.05, 3.63) is 6.20 Å². The van der Waals surface area contributed by atoms with Crippen LogP contribution in [-0.4, -0.2) is 37.4 Å². The number of rotatable bonds is 3. The lowest BCUT2D eigenvalue weighted by atomic mass is 10.1. The number of aromatic amines is 1. The van der Waals surface area contributed by atoms with E-state index >= 15 is 0 Å². The van der Waals surface area contributed by atoms with E-state index in [4.69, 9.17) is 5.73 Å². The van der Waals surface area contributed by atoms with Crippen molar-refractivity contribution in [3.8, 4) is 0 Å². The van der Waals surface area contributed by atoms with Crippen molar-refractivity contribution in [3.63, 3.8) is 0 Å². The van der Waals surface area contributed by atoms with Crippen LogP contribution in [0.1, 0.15) is 13.8 Å². The molecule has 0 unspecified atom stereocenters. The van der Waals surface area contributed by atoms with E-state index in [2.05, 4.69) is 25.5 Å². The number of aliphatic hydroxyl groups is 1. The third-order valence-corrected chi connectivity index (χ3v) is 2.02. The highest BCUT2D eigenvalue weighted by Gasteiger charge is 2.14. The van der Waals surface area contributed by atoms with Gasteiger partial charge in [-0.2, -0.15) is 15.1 Å². The fourth-order valence-corrected chi connectivity index (χ4v) is 1.29. The Morgan fingerprint density at radius 3 is 2.94 bits per heavy atom. The number of nitrogen functional groups attached to an aromatic ring is 1. The Bertz CT molecular complexity index is 500. The number of hydrogen-bond donors (Lipinski definition) is 4. The summed E-state index contributed by atoms with van der Waals surface area (Å²) in [5.41, 5.74) is 5.30. The number of nitrogens with two attached hydrogens (primary N) is 1. The van der Waals surface area contributed by atoms with Crippen molar-refractivity contribution >= 4 is 22.8 Å². The minimum Gasteiger partial charge on any atom is -0.389 e. The SMILES string of the molecule is CC(C)(O)CNc1nc(N)nc2[nH]ncc12. The molecule has 2 aromatic heterocycles. The summed E-state index contributed by atoms with van der Waals surface area (Å²) in [6.07, 6.45) is 1.61. The van der Waals surface area contributed by atoms with Gasteiger partial charge in [0.1, 0.15) is 5.82 Å². The van der Waals surface area contributed by atoms with E-state index in [-0.39, 0.29) is 5.95 Å². The Kier molecular flexibility index (Phi) is 2.39. The topological polar surface area (TPSA) is 113 Å². The summed E-state index contributed by atoms with van der Waals surface area (Å²) in [6.45, 7) is 3.78. The molecule has 0 aromatic carbocycles. The molecule has 16 heavy (non-hydrogen) atoms. The molecule has 2 rings (SSSR count). The second kappa shape index (κ2) is 3.60. The number of hydrogen-bond acceptors (Lipinski definition) is 6. The molecular weight excluding hydrogens is 208 g/mol. The van der Waals surface area contributed by atoms with Gasteiger partial charge in [-0.15, -0.1) is 0 Å². The third-order valence-electron chi connectivity index (χ3n) is 2.02. The summed E-state index contributed by atoms with van der Waals surface area (Å²) in [6, 6.07) is 0. The average Bonchev–Trinajstić information content (AvgIpc) is 2.60. The van der Waals surface area contributed by atoms with Crippen LogP contribution in [0.3, 0.4) is 0 Å². The maximum Gasteiger partial charge on any atom is 0.224 e. The lowest BCUT2D eigenvalue weighted by molar-refractivity contribution is 0.0944. The number of nitrogens with zero attached hydrogens (tertiary/aromatic N) is 3. The van der Waals surface area contributed by atoms with Crippen LogP contribution >= 0.6 is 0 Å². The predicted octanol–water partition coefficient (Wildman–Crippen LogP) is 0.118. The van der Waals surface area contributed by atoms with E-state index in [1.54, 1.807) is 20.0 Å². The molecule has 86 valence electrons. The maximum atomic E-state index is 9.61. The molecule has 0 atom stereocenters. The molecule has 0 bridgehead atoms. The van der Waals surface area contributed by atoms with Gasteiger partial charge in [-0.1, -0.05) is 0 Å². The van der Waals surface area contributed by atoms with Gasteiger partial charge in [0.25, 0.3) is 0 Å². The first-order chi connectivity index (χ1) is 7.46. The summed E-state index contributed by atoms with van der Waals surface area (Å²) in [5.74, 6) is 0.730. The molecule has 0 aliphatic carbocycles. The second-order valence-corrected chi connectivity index (χ2v) is 4.23. The highest BCUT2D eigenvalue weighted by molar-refractivity contribution is 5.86. The van der Waals surface area contributed by atoms with Crippen molar-refractivity contribution in [2.75, 3.05) is 17.6 Å². The van der Waals surface area contributed by atoms with Gasteiger partial charge < -0.3 is 16.2 Å². The lowest BCUT2D eigenvalue weighted by Gasteiger charge is -2.18. The van der Waals surface area contributed by atoms with Crippen molar-refractivity contribution in [1.82, 2.24) is 20.2 Å². The number of fused-ring (bicyclic) bond motifs is 1. The highest BCUT2D eigenvalue weighted by atomic mass is 16.3. The fraction of sp³-hybridized carbons (Fsp3) is 0.444. The van der Waals surface area contributed by atoms with E-state index in [0.717, 1.165) is 5.39 Å². The van der Waals surface area contributed by atoms with Gasteiger partial charge in [0.2, 0.25) is 5.95 Å². The zero-order valence-electron chi connectivity index (χ0n) is 9.15. The quantitative estimate of drug-likeness (QED) is 0.586. The van der Waals surface area contributed by atoms with E-state index in [0.29, 0.717) is 18.0 Å². The van der Waals surface area contributed by atoms with Crippen molar-refractivity contribution in [2.45, 2.75) is 19.4 Å². The molecule has 0 saturated carbocycles. The zero-order chi connectivity index (χ0) is 11.8. The van der Waals surface area contributed by atoms with Crippen LogP contribution in [0.15, 0.2) is 6.20 Å².